The minimum Gasteiger partial charge on any atom is -0.493 e. The third-order valence-electron chi connectivity index (χ3n) is 7.53. The molecular weight excluding hydrogens is 540 g/mol. The van der Waals surface area contributed by atoms with E-state index in [1.165, 1.54) is 18.1 Å². The first-order chi connectivity index (χ1) is 19.4. The number of ether oxygens (including phenoxy) is 3. The fraction of sp³-hybridized carbons (Fsp3) is 0.414. The number of rotatable bonds is 9. The van der Waals surface area contributed by atoms with E-state index in [1.807, 2.05) is 0 Å². The number of carbonyl (C=O) groups excluding carboxylic acids is 3. The van der Waals surface area contributed by atoms with Crippen molar-refractivity contribution >= 4 is 29.7 Å². The van der Waals surface area contributed by atoms with Crippen molar-refractivity contribution in [2.45, 2.75) is 49.7 Å². The Morgan fingerprint density at radius 1 is 1.25 bits per heavy atom. The van der Waals surface area contributed by atoms with Gasteiger partial charge in [-0.1, -0.05) is 23.7 Å². The minimum atomic E-state index is -1.24. The first kappa shape index (κ1) is 28.1. The van der Waals surface area contributed by atoms with Crippen molar-refractivity contribution in [2.24, 2.45) is 0 Å². The highest BCUT2D eigenvalue weighted by Crippen LogP contribution is 2.51. The molecule has 3 aliphatic rings. The minimum absolute atomic E-state index is 0.00945. The molecule has 2 amide bonds. The summed E-state index contributed by atoms with van der Waals surface area (Å²) in [5, 5.41) is 24.3. The first-order valence-corrected chi connectivity index (χ1v) is 13.5. The number of halogens is 1. The summed E-state index contributed by atoms with van der Waals surface area (Å²) in [6, 6.07) is 9.21. The number of aliphatic hydroxyl groups is 2. The van der Waals surface area contributed by atoms with Crippen LogP contribution in [0.3, 0.4) is 0 Å². The van der Waals surface area contributed by atoms with Gasteiger partial charge in [-0.15, -0.1) is 0 Å². The second-order valence-corrected chi connectivity index (χ2v) is 10.4. The molecule has 0 bridgehead atoms. The molecule has 2 heterocycles. The zero-order valence-electron chi connectivity index (χ0n) is 21.9. The summed E-state index contributed by atoms with van der Waals surface area (Å²) in [6.07, 6.45) is 0.669. The summed E-state index contributed by atoms with van der Waals surface area (Å²) in [5.74, 6) is -0.926. The molecule has 0 aromatic heterocycles. The van der Waals surface area contributed by atoms with Gasteiger partial charge in [0.05, 0.1) is 25.7 Å². The van der Waals surface area contributed by atoms with E-state index in [0.717, 1.165) is 12.0 Å². The first-order valence-electron chi connectivity index (χ1n) is 13.2. The molecule has 40 heavy (non-hydrogen) atoms. The Morgan fingerprint density at radius 3 is 2.67 bits per heavy atom. The Labute approximate surface area is 236 Å². The van der Waals surface area contributed by atoms with Gasteiger partial charge >= 0.3 is 0 Å². The standard InChI is InChI=1S/C29H31ClN2O8/c1-38-23-12-17(15-34)11-19-24-20(28(36)31-8-9-33)13-21(25(35)27(24)40-26(19)23)32(29(37)22-3-2-10-39-22)14-16-4-6-18(30)7-5-16/h4-7,11-13,15,21-22,24-25,27,33,35H,2-3,8-10,14H2,1H3,(H,31,36). The molecule has 0 saturated carbocycles. The lowest BCUT2D eigenvalue weighted by Gasteiger charge is -2.41. The van der Waals surface area contributed by atoms with Crippen LogP contribution in [0.2, 0.25) is 5.02 Å². The summed E-state index contributed by atoms with van der Waals surface area (Å²) < 4.78 is 17.4. The molecule has 0 radical (unpaired) electrons. The van der Waals surface area contributed by atoms with Gasteiger partial charge in [-0.05, 0) is 48.7 Å². The van der Waals surface area contributed by atoms with Crippen LogP contribution in [0.4, 0.5) is 0 Å². The summed E-state index contributed by atoms with van der Waals surface area (Å²) >= 11 is 6.07. The average molecular weight is 571 g/mol. The van der Waals surface area contributed by atoms with E-state index in [0.29, 0.717) is 47.0 Å². The fourth-order valence-corrected chi connectivity index (χ4v) is 5.76. The summed E-state index contributed by atoms with van der Waals surface area (Å²) in [4.78, 5) is 40.4. The van der Waals surface area contributed by atoms with Gasteiger partial charge in [0.2, 0.25) is 5.91 Å². The number of benzene rings is 2. The van der Waals surface area contributed by atoms with Crippen LogP contribution in [0.1, 0.15) is 40.2 Å². The Morgan fingerprint density at radius 2 is 2.02 bits per heavy atom. The van der Waals surface area contributed by atoms with Gasteiger partial charge in [0.25, 0.3) is 5.91 Å². The molecule has 1 fully saturated rings. The Hall–Kier alpha value is -3.44. The van der Waals surface area contributed by atoms with Crippen LogP contribution >= 0.6 is 11.6 Å². The fourth-order valence-electron chi connectivity index (χ4n) is 5.63. The van der Waals surface area contributed by atoms with Gasteiger partial charge in [0.1, 0.15) is 24.6 Å². The second-order valence-electron chi connectivity index (χ2n) is 10.00. The zero-order chi connectivity index (χ0) is 28.4. The van der Waals surface area contributed by atoms with E-state index < -0.39 is 36.2 Å². The van der Waals surface area contributed by atoms with Crippen LogP contribution in [0, 0.1) is 0 Å². The number of aliphatic hydroxyl groups excluding tert-OH is 2. The van der Waals surface area contributed by atoms with Crippen molar-refractivity contribution in [1.82, 2.24) is 10.2 Å². The molecule has 3 N–H and O–H groups in total. The van der Waals surface area contributed by atoms with E-state index in [1.54, 1.807) is 36.4 Å². The Kier molecular flexibility index (Phi) is 8.41. The summed E-state index contributed by atoms with van der Waals surface area (Å²) in [6.45, 7) is 0.332. The van der Waals surface area contributed by atoms with Crippen molar-refractivity contribution in [1.29, 1.82) is 0 Å². The lowest BCUT2D eigenvalue weighted by atomic mass is 9.77. The maximum absolute atomic E-state index is 13.8. The largest absolute Gasteiger partial charge is 0.493 e. The molecule has 2 aliphatic heterocycles. The average Bonchev–Trinajstić information content (AvgIpc) is 3.64. The number of fused-ring (bicyclic) bond motifs is 3. The summed E-state index contributed by atoms with van der Waals surface area (Å²) in [5.41, 5.74) is 1.87. The molecule has 2 aromatic carbocycles. The number of aldehydes is 1. The molecule has 0 spiro atoms. The maximum atomic E-state index is 13.8. The Balaban J connectivity index is 1.60. The van der Waals surface area contributed by atoms with Crippen LogP contribution in [0.25, 0.3) is 0 Å². The predicted octanol–water partition coefficient (Wildman–Crippen LogP) is 1.99. The van der Waals surface area contributed by atoms with Crippen molar-refractivity contribution in [3.63, 3.8) is 0 Å². The summed E-state index contributed by atoms with van der Waals surface area (Å²) in [7, 11) is 1.44. The normalized spacial score (nSPS) is 24.8. The quantitative estimate of drug-likeness (QED) is 0.390. The van der Waals surface area contributed by atoms with E-state index >= 15 is 0 Å². The van der Waals surface area contributed by atoms with Gasteiger partial charge in [-0.3, -0.25) is 14.4 Å². The number of carbonyl (C=O) groups is 3. The number of nitrogens with zero attached hydrogens (tertiary/aromatic N) is 1. The molecule has 2 aromatic rings. The van der Waals surface area contributed by atoms with Crippen molar-refractivity contribution in [3.05, 3.63) is 69.8 Å². The van der Waals surface area contributed by atoms with Crippen molar-refractivity contribution in [2.75, 3.05) is 26.9 Å². The topological polar surface area (TPSA) is 135 Å². The third-order valence-corrected chi connectivity index (χ3v) is 7.78. The maximum Gasteiger partial charge on any atom is 0.252 e. The van der Waals surface area contributed by atoms with E-state index in [-0.39, 0.29) is 31.2 Å². The number of hydrogen-bond acceptors (Lipinski definition) is 8. The van der Waals surface area contributed by atoms with Crippen LogP contribution < -0.4 is 14.8 Å². The van der Waals surface area contributed by atoms with Crippen LogP contribution in [0.15, 0.2) is 48.0 Å². The van der Waals surface area contributed by atoms with Crippen LogP contribution in [-0.4, -0.2) is 84.4 Å². The number of methoxy groups -OCH3 is 1. The van der Waals surface area contributed by atoms with Gasteiger partial charge < -0.3 is 34.6 Å². The van der Waals surface area contributed by atoms with Gasteiger partial charge in [-0.25, -0.2) is 0 Å². The van der Waals surface area contributed by atoms with E-state index in [2.05, 4.69) is 5.32 Å². The van der Waals surface area contributed by atoms with E-state index in [9.17, 15) is 24.6 Å². The molecular formula is C29H31ClN2O8. The van der Waals surface area contributed by atoms with Gasteiger partial charge in [0, 0.05) is 41.4 Å². The highest BCUT2D eigenvalue weighted by atomic mass is 35.5. The molecule has 5 rings (SSSR count). The van der Waals surface area contributed by atoms with Gasteiger partial charge in [0.15, 0.2) is 11.5 Å². The number of hydrogen-bond donors (Lipinski definition) is 3. The number of amides is 2. The monoisotopic (exact) mass is 570 g/mol. The molecule has 212 valence electrons. The zero-order valence-corrected chi connectivity index (χ0v) is 22.7. The highest BCUT2D eigenvalue weighted by Gasteiger charge is 2.52. The van der Waals surface area contributed by atoms with Crippen molar-refractivity contribution in [3.8, 4) is 11.5 Å². The molecule has 5 unspecified atom stereocenters. The van der Waals surface area contributed by atoms with Crippen molar-refractivity contribution < 1.29 is 38.8 Å². The van der Waals surface area contributed by atoms with Crippen LogP contribution in [0.5, 0.6) is 11.5 Å². The SMILES string of the molecule is COc1cc(C=O)cc2c1OC1C2C(C(=O)NCCO)=CC(N(Cc2ccc(Cl)cc2)C(=O)C2CCCO2)C1O. The lowest BCUT2D eigenvalue weighted by Crippen LogP contribution is -2.57. The lowest BCUT2D eigenvalue weighted by molar-refractivity contribution is -0.147. The van der Waals surface area contributed by atoms with E-state index in [4.69, 9.17) is 25.8 Å². The Bertz CT molecular complexity index is 1310. The third kappa shape index (κ3) is 5.32. The molecule has 11 heteroatoms. The smallest absolute Gasteiger partial charge is 0.252 e. The van der Waals surface area contributed by atoms with Gasteiger partial charge in [-0.2, -0.15) is 0 Å². The highest BCUT2D eigenvalue weighted by molar-refractivity contribution is 6.30. The molecule has 10 nitrogen and oxygen atoms in total. The second kappa shape index (κ2) is 12.0. The van der Waals surface area contributed by atoms with Crippen LogP contribution in [-0.2, 0) is 20.9 Å². The molecule has 1 aliphatic carbocycles. The molecule has 5 atom stereocenters. The predicted molar refractivity (Wildman–Crippen MR) is 144 cm³/mol. The number of nitrogens with one attached hydrogen (secondary N) is 1. The molecule has 1 saturated heterocycles.